The van der Waals surface area contributed by atoms with Gasteiger partial charge in [-0.15, -0.1) is 0 Å². The predicted octanol–water partition coefficient (Wildman–Crippen LogP) is 4.58. The first-order valence-corrected chi connectivity index (χ1v) is 9.76. The lowest BCUT2D eigenvalue weighted by molar-refractivity contribution is -0.118. The van der Waals surface area contributed by atoms with Gasteiger partial charge in [0.25, 0.3) is 5.91 Å². The van der Waals surface area contributed by atoms with Crippen molar-refractivity contribution in [3.05, 3.63) is 102 Å². The normalized spacial score (nSPS) is 15.7. The van der Waals surface area contributed by atoms with Crippen LogP contribution in [0, 0.1) is 0 Å². The number of urea groups is 1. The highest BCUT2D eigenvalue weighted by atomic mass is 16.5. The van der Waals surface area contributed by atoms with E-state index in [0.717, 1.165) is 22.4 Å². The molecule has 1 fully saturated rings. The highest BCUT2D eigenvalue weighted by Crippen LogP contribution is 2.22. The lowest BCUT2D eigenvalue weighted by Crippen LogP contribution is -2.32. The van der Waals surface area contributed by atoms with Crippen molar-refractivity contribution < 1.29 is 14.3 Å². The number of benzene rings is 3. The summed E-state index contributed by atoms with van der Waals surface area (Å²) < 4.78 is 5.83. The number of para-hydroxylation sites is 1. The Balaban J connectivity index is 1.36. The Bertz CT molecular complexity index is 1040. The molecule has 0 saturated carbocycles. The molecule has 3 aromatic carbocycles. The molecule has 0 bridgehead atoms. The predicted molar refractivity (Wildman–Crippen MR) is 117 cm³/mol. The molecule has 0 spiro atoms. The highest BCUT2D eigenvalue weighted by Gasteiger charge is 2.38. The lowest BCUT2D eigenvalue weighted by Gasteiger charge is -2.13. The van der Waals surface area contributed by atoms with Crippen LogP contribution in [0.3, 0.4) is 0 Å². The smallest absolute Gasteiger partial charge is 0.329 e. The van der Waals surface area contributed by atoms with E-state index in [1.54, 1.807) is 30.3 Å². The fourth-order valence-corrected chi connectivity index (χ4v) is 3.37. The first-order chi connectivity index (χ1) is 14.6. The standard InChI is InChI=1S/C25H22N2O3/c1-2-18-8-10-20(11-9-18)17-30-22-14-12-19(13-15-22)16-23-24(28)27(25(29)26-23)21-6-4-3-5-7-21/h2-15,23H,1,16-17H2,(H,26,29)/t23-/m0/s1. The van der Waals surface area contributed by atoms with Crippen molar-refractivity contribution >= 4 is 23.7 Å². The van der Waals surface area contributed by atoms with Gasteiger partial charge < -0.3 is 10.1 Å². The molecule has 4 rings (SSSR count). The average Bonchev–Trinajstić information content (AvgIpc) is 3.07. The van der Waals surface area contributed by atoms with Gasteiger partial charge in [-0.1, -0.05) is 67.3 Å². The van der Waals surface area contributed by atoms with Crippen LogP contribution in [0.15, 0.2) is 85.4 Å². The molecule has 3 amide bonds. The third kappa shape index (κ3) is 4.25. The van der Waals surface area contributed by atoms with Gasteiger partial charge in [0.15, 0.2) is 0 Å². The van der Waals surface area contributed by atoms with Crippen LogP contribution in [0.2, 0.25) is 0 Å². The van der Waals surface area contributed by atoms with Crippen LogP contribution >= 0.6 is 0 Å². The number of imide groups is 1. The molecule has 0 aromatic heterocycles. The number of nitrogens with one attached hydrogen (secondary N) is 1. The zero-order valence-corrected chi connectivity index (χ0v) is 16.5. The maximum Gasteiger partial charge on any atom is 0.329 e. The van der Waals surface area contributed by atoms with Crippen molar-refractivity contribution in [3.8, 4) is 5.75 Å². The highest BCUT2D eigenvalue weighted by molar-refractivity contribution is 6.21. The van der Waals surface area contributed by atoms with Gasteiger partial charge in [0.1, 0.15) is 18.4 Å². The van der Waals surface area contributed by atoms with Crippen LogP contribution < -0.4 is 15.0 Å². The van der Waals surface area contributed by atoms with E-state index in [9.17, 15) is 9.59 Å². The maximum absolute atomic E-state index is 12.7. The summed E-state index contributed by atoms with van der Waals surface area (Å²) in [6.07, 6.45) is 2.23. The van der Waals surface area contributed by atoms with Gasteiger partial charge in [0, 0.05) is 6.42 Å². The number of hydrogen-bond donors (Lipinski definition) is 1. The molecule has 1 saturated heterocycles. The van der Waals surface area contributed by atoms with Crippen molar-refractivity contribution in [2.24, 2.45) is 0 Å². The monoisotopic (exact) mass is 398 g/mol. The van der Waals surface area contributed by atoms with Gasteiger partial charge in [-0.3, -0.25) is 4.79 Å². The topological polar surface area (TPSA) is 58.6 Å². The second-order valence-corrected chi connectivity index (χ2v) is 7.09. The Labute approximate surface area is 175 Å². The van der Waals surface area contributed by atoms with E-state index in [1.807, 2.05) is 54.6 Å². The number of hydrogen-bond acceptors (Lipinski definition) is 3. The van der Waals surface area contributed by atoms with Crippen molar-refractivity contribution in [1.82, 2.24) is 5.32 Å². The Kier molecular flexibility index (Phi) is 5.61. The van der Waals surface area contributed by atoms with Crippen LogP contribution in [0.25, 0.3) is 6.08 Å². The molecular formula is C25H22N2O3. The Morgan fingerprint density at radius 2 is 1.57 bits per heavy atom. The second kappa shape index (κ2) is 8.66. The minimum Gasteiger partial charge on any atom is -0.489 e. The van der Waals surface area contributed by atoms with E-state index in [4.69, 9.17) is 4.74 Å². The Hall–Kier alpha value is -3.86. The summed E-state index contributed by atoms with van der Waals surface area (Å²) in [4.78, 5) is 26.2. The van der Waals surface area contributed by atoms with Gasteiger partial charge in [0.05, 0.1) is 5.69 Å². The van der Waals surface area contributed by atoms with Gasteiger partial charge in [-0.25, -0.2) is 9.69 Å². The minimum atomic E-state index is -0.576. The lowest BCUT2D eigenvalue weighted by atomic mass is 10.1. The molecule has 1 atom stereocenters. The van der Waals surface area contributed by atoms with Crippen molar-refractivity contribution in [3.63, 3.8) is 0 Å². The average molecular weight is 398 g/mol. The first kappa shape index (κ1) is 19.5. The first-order valence-electron chi connectivity index (χ1n) is 9.76. The van der Waals surface area contributed by atoms with Crippen LogP contribution in [0.1, 0.15) is 16.7 Å². The zero-order chi connectivity index (χ0) is 20.9. The van der Waals surface area contributed by atoms with Gasteiger partial charge in [-0.05, 0) is 41.0 Å². The van der Waals surface area contributed by atoms with E-state index in [1.165, 1.54) is 4.90 Å². The molecule has 0 aliphatic carbocycles. The minimum absolute atomic E-state index is 0.241. The number of anilines is 1. The number of amides is 3. The molecule has 1 aliphatic rings. The maximum atomic E-state index is 12.7. The van der Waals surface area contributed by atoms with E-state index >= 15 is 0 Å². The van der Waals surface area contributed by atoms with Gasteiger partial charge >= 0.3 is 6.03 Å². The molecule has 5 nitrogen and oxygen atoms in total. The van der Waals surface area contributed by atoms with Crippen LogP contribution in [0.5, 0.6) is 5.75 Å². The summed E-state index contributed by atoms with van der Waals surface area (Å²) in [6.45, 7) is 4.22. The summed E-state index contributed by atoms with van der Waals surface area (Å²) >= 11 is 0. The fraction of sp³-hybridized carbons (Fsp3) is 0.120. The summed E-state index contributed by atoms with van der Waals surface area (Å²) in [6, 6.07) is 23.6. The Morgan fingerprint density at radius 1 is 0.900 bits per heavy atom. The van der Waals surface area contributed by atoms with Crippen LogP contribution in [-0.2, 0) is 17.8 Å². The van der Waals surface area contributed by atoms with Crippen molar-refractivity contribution in [1.29, 1.82) is 0 Å². The molecule has 30 heavy (non-hydrogen) atoms. The largest absolute Gasteiger partial charge is 0.489 e. The van der Waals surface area contributed by atoms with Crippen LogP contribution in [-0.4, -0.2) is 18.0 Å². The van der Waals surface area contributed by atoms with E-state index in [-0.39, 0.29) is 5.91 Å². The van der Waals surface area contributed by atoms with Crippen LogP contribution in [0.4, 0.5) is 10.5 Å². The molecule has 1 aliphatic heterocycles. The molecule has 0 unspecified atom stereocenters. The van der Waals surface area contributed by atoms with E-state index in [0.29, 0.717) is 18.7 Å². The number of carbonyl (C=O) groups excluding carboxylic acids is 2. The molecular weight excluding hydrogens is 376 g/mol. The van der Waals surface area contributed by atoms with Crippen molar-refractivity contribution in [2.75, 3.05) is 4.90 Å². The van der Waals surface area contributed by atoms with Crippen molar-refractivity contribution in [2.45, 2.75) is 19.1 Å². The van der Waals surface area contributed by atoms with Gasteiger partial charge in [-0.2, -0.15) is 0 Å². The summed E-state index contributed by atoms with van der Waals surface area (Å²) in [5.41, 5.74) is 3.67. The van der Waals surface area contributed by atoms with E-state index in [2.05, 4.69) is 11.9 Å². The van der Waals surface area contributed by atoms with E-state index < -0.39 is 12.1 Å². The summed E-state index contributed by atoms with van der Waals surface area (Å²) in [5.74, 6) is 0.508. The number of nitrogens with zero attached hydrogens (tertiary/aromatic N) is 1. The number of ether oxygens (including phenoxy) is 1. The molecule has 1 N–H and O–H groups in total. The zero-order valence-electron chi connectivity index (χ0n) is 16.5. The molecule has 1 heterocycles. The molecule has 150 valence electrons. The fourth-order valence-electron chi connectivity index (χ4n) is 3.37. The quantitative estimate of drug-likeness (QED) is 0.593. The molecule has 0 radical (unpaired) electrons. The molecule has 5 heteroatoms. The summed E-state index contributed by atoms with van der Waals surface area (Å²) in [5, 5.41) is 2.77. The SMILES string of the molecule is C=Cc1ccc(COc2ccc(C[C@@H]3NC(=O)N(c4ccccc4)C3=O)cc2)cc1. The van der Waals surface area contributed by atoms with Gasteiger partial charge in [0.2, 0.25) is 0 Å². The number of rotatable bonds is 7. The third-order valence-corrected chi connectivity index (χ3v) is 5.02. The Morgan fingerprint density at radius 3 is 2.23 bits per heavy atom. The third-order valence-electron chi connectivity index (χ3n) is 5.02. The summed E-state index contributed by atoms with van der Waals surface area (Å²) in [7, 11) is 0. The second-order valence-electron chi connectivity index (χ2n) is 7.09. The molecule has 3 aromatic rings. The number of carbonyl (C=O) groups is 2.